The minimum atomic E-state index is -4.65. The quantitative estimate of drug-likeness (QED) is 0.411. The molecule has 2 amide bonds. The summed E-state index contributed by atoms with van der Waals surface area (Å²) in [6.07, 6.45) is -3.37. The van der Waals surface area contributed by atoms with E-state index in [4.69, 9.17) is 9.84 Å². The minimum Gasteiger partial charge on any atom is -0.481 e. The maximum absolute atomic E-state index is 13.9. The van der Waals surface area contributed by atoms with Crippen molar-refractivity contribution in [3.8, 4) is 16.9 Å². The summed E-state index contributed by atoms with van der Waals surface area (Å²) in [5.41, 5.74) is 1.53. The topological polar surface area (TPSA) is 108 Å². The van der Waals surface area contributed by atoms with E-state index in [-0.39, 0.29) is 28.5 Å². The Morgan fingerprint density at radius 3 is 2.59 bits per heavy atom. The molecule has 0 bridgehead atoms. The summed E-state index contributed by atoms with van der Waals surface area (Å²) in [6.45, 7) is 0.269. The molecule has 3 heterocycles. The SMILES string of the molecule is CCc1nc2[nH]c(C(=O)NC3CCN(C(=O)CO)CC3)c(OCC(F)(F)F)c2cc1-c1cccc(F)c1. The minimum absolute atomic E-state index is 0.161. The number of amides is 2. The van der Waals surface area contributed by atoms with Gasteiger partial charge >= 0.3 is 6.18 Å². The Bertz CT molecular complexity index is 1300. The molecule has 0 unspecified atom stereocenters. The predicted octanol–water partition coefficient (Wildman–Crippen LogP) is 3.59. The summed E-state index contributed by atoms with van der Waals surface area (Å²) in [5.74, 6) is -1.86. The van der Waals surface area contributed by atoms with Gasteiger partial charge in [-0.1, -0.05) is 19.1 Å². The standard InChI is InChI=1S/C25H26F4N4O4/c1-2-19-17(14-4-3-5-15(26)10-14)11-18-22(37-13-25(27,28)29)21(32-23(18)31-19)24(36)30-16-6-8-33(9-7-16)20(35)12-34/h3-5,10-11,16,34H,2,6-9,12-13H2,1H3,(H,30,36)(H,31,32). The fourth-order valence-corrected chi connectivity index (χ4v) is 4.40. The number of halogens is 4. The van der Waals surface area contributed by atoms with E-state index in [0.717, 1.165) is 0 Å². The largest absolute Gasteiger partial charge is 0.481 e. The monoisotopic (exact) mass is 522 g/mol. The van der Waals surface area contributed by atoms with Crippen molar-refractivity contribution in [3.63, 3.8) is 0 Å². The van der Waals surface area contributed by atoms with Gasteiger partial charge in [0, 0.05) is 24.7 Å². The number of hydrogen-bond acceptors (Lipinski definition) is 5. The summed E-state index contributed by atoms with van der Waals surface area (Å²) in [7, 11) is 0. The highest BCUT2D eigenvalue weighted by atomic mass is 19.4. The number of pyridine rings is 1. The van der Waals surface area contributed by atoms with E-state index in [1.54, 1.807) is 12.1 Å². The molecule has 198 valence electrons. The zero-order valence-electron chi connectivity index (χ0n) is 20.0. The molecular weight excluding hydrogens is 496 g/mol. The van der Waals surface area contributed by atoms with E-state index in [9.17, 15) is 27.2 Å². The Hall–Kier alpha value is -3.67. The van der Waals surface area contributed by atoms with E-state index in [0.29, 0.717) is 49.2 Å². The lowest BCUT2D eigenvalue weighted by Crippen LogP contribution is -2.47. The molecule has 1 aromatic carbocycles. The van der Waals surface area contributed by atoms with Gasteiger partial charge in [-0.2, -0.15) is 13.2 Å². The van der Waals surface area contributed by atoms with Crippen LogP contribution in [0.1, 0.15) is 35.9 Å². The molecule has 1 aliphatic rings. The molecule has 0 spiro atoms. The van der Waals surface area contributed by atoms with Gasteiger partial charge in [0.15, 0.2) is 12.4 Å². The molecular formula is C25H26F4N4O4. The number of nitrogens with one attached hydrogen (secondary N) is 2. The number of benzene rings is 1. The van der Waals surface area contributed by atoms with Crippen LogP contribution in [0.2, 0.25) is 0 Å². The lowest BCUT2D eigenvalue weighted by atomic mass is 10.0. The zero-order valence-corrected chi connectivity index (χ0v) is 20.0. The van der Waals surface area contributed by atoms with E-state index in [1.807, 2.05) is 6.92 Å². The van der Waals surface area contributed by atoms with Gasteiger partial charge in [-0.15, -0.1) is 0 Å². The van der Waals surface area contributed by atoms with Crippen LogP contribution in [0.15, 0.2) is 30.3 Å². The third-order valence-electron chi connectivity index (χ3n) is 6.21. The summed E-state index contributed by atoms with van der Waals surface area (Å²) in [4.78, 5) is 33.6. The van der Waals surface area contributed by atoms with E-state index >= 15 is 0 Å². The van der Waals surface area contributed by atoms with E-state index in [2.05, 4.69) is 15.3 Å². The maximum atomic E-state index is 13.9. The number of fused-ring (bicyclic) bond motifs is 1. The molecule has 3 aromatic rings. The highest BCUT2D eigenvalue weighted by Gasteiger charge is 2.32. The fraction of sp³-hybridized carbons (Fsp3) is 0.400. The number of alkyl halides is 3. The highest BCUT2D eigenvalue weighted by Crippen LogP contribution is 2.36. The second-order valence-corrected chi connectivity index (χ2v) is 8.76. The van der Waals surface area contributed by atoms with Crippen LogP contribution < -0.4 is 10.1 Å². The van der Waals surface area contributed by atoms with Crippen LogP contribution in [0.5, 0.6) is 5.75 Å². The van der Waals surface area contributed by atoms with Gasteiger partial charge in [-0.25, -0.2) is 9.37 Å². The number of carbonyl (C=O) groups excluding carboxylic acids is 2. The van der Waals surface area contributed by atoms with Crippen molar-refractivity contribution in [2.24, 2.45) is 0 Å². The van der Waals surface area contributed by atoms with Crippen molar-refractivity contribution in [1.29, 1.82) is 0 Å². The van der Waals surface area contributed by atoms with Crippen LogP contribution in [0.3, 0.4) is 0 Å². The highest BCUT2D eigenvalue weighted by molar-refractivity contribution is 6.03. The average Bonchev–Trinajstić information content (AvgIpc) is 3.23. The van der Waals surface area contributed by atoms with Gasteiger partial charge < -0.3 is 25.0 Å². The van der Waals surface area contributed by atoms with Crippen molar-refractivity contribution in [2.75, 3.05) is 26.3 Å². The number of carbonyl (C=O) groups is 2. The molecule has 0 radical (unpaired) electrons. The first-order chi connectivity index (χ1) is 17.6. The van der Waals surface area contributed by atoms with Crippen molar-refractivity contribution >= 4 is 22.8 Å². The van der Waals surface area contributed by atoms with Crippen LogP contribution in [-0.2, 0) is 11.2 Å². The Morgan fingerprint density at radius 2 is 1.97 bits per heavy atom. The number of piperidine rings is 1. The molecule has 4 rings (SSSR count). The predicted molar refractivity (Wildman–Crippen MR) is 127 cm³/mol. The molecule has 8 nitrogen and oxygen atoms in total. The van der Waals surface area contributed by atoms with Crippen LogP contribution in [0, 0.1) is 5.82 Å². The number of nitrogens with zero attached hydrogens (tertiary/aromatic N) is 2. The molecule has 37 heavy (non-hydrogen) atoms. The molecule has 1 saturated heterocycles. The average molecular weight is 522 g/mol. The number of rotatable bonds is 7. The first-order valence-electron chi connectivity index (χ1n) is 11.8. The van der Waals surface area contributed by atoms with Gasteiger partial charge in [0.1, 0.15) is 23.8 Å². The Kier molecular flexibility index (Phi) is 7.67. The van der Waals surface area contributed by atoms with Crippen LogP contribution in [-0.4, -0.2) is 70.3 Å². The normalized spacial score (nSPS) is 14.7. The Morgan fingerprint density at radius 1 is 1.24 bits per heavy atom. The number of likely N-dealkylation sites (tertiary alicyclic amines) is 1. The number of hydrogen-bond donors (Lipinski definition) is 3. The lowest BCUT2D eigenvalue weighted by Gasteiger charge is -2.32. The third-order valence-corrected chi connectivity index (χ3v) is 6.21. The first-order valence-corrected chi connectivity index (χ1v) is 11.8. The summed E-state index contributed by atoms with van der Waals surface area (Å²) in [5, 5.41) is 12.0. The fourth-order valence-electron chi connectivity index (χ4n) is 4.40. The van der Waals surface area contributed by atoms with Crippen LogP contribution >= 0.6 is 0 Å². The number of aliphatic hydroxyl groups excluding tert-OH is 1. The molecule has 12 heteroatoms. The second kappa shape index (κ2) is 10.8. The van der Waals surface area contributed by atoms with Crippen molar-refractivity contribution in [2.45, 2.75) is 38.4 Å². The second-order valence-electron chi connectivity index (χ2n) is 8.76. The van der Waals surface area contributed by atoms with Gasteiger partial charge in [-0.05, 0) is 43.0 Å². The van der Waals surface area contributed by atoms with Crippen LogP contribution in [0.25, 0.3) is 22.2 Å². The third kappa shape index (κ3) is 6.01. The lowest BCUT2D eigenvalue weighted by molar-refractivity contribution is -0.153. The van der Waals surface area contributed by atoms with E-state index in [1.165, 1.54) is 23.1 Å². The van der Waals surface area contributed by atoms with Crippen molar-refractivity contribution < 1.29 is 37.0 Å². The van der Waals surface area contributed by atoms with Gasteiger partial charge in [0.25, 0.3) is 5.91 Å². The number of aryl methyl sites for hydroxylation is 1. The first kappa shape index (κ1) is 26.4. The molecule has 0 aliphatic carbocycles. The molecule has 3 N–H and O–H groups in total. The molecule has 1 fully saturated rings. The van der Waals surface area contributed by atoms with Gasteiger partial charge in [-0.3, -0.25) is 9.59 Å². The Labute approximate surface area is 209 Å². The zero-order chi connectivity index (χ0) is 26.7. The van der Waals surface area contributed by atoms with Crippen molar-refractivity contribution in [3.05, 3.63) is 47.5 Å². The van der Waals surface area contributed by atoms with Crippen molar-refractivity contribution in [1.82, 2.24) is 20.2 Å². The summed E-state index contributed by atoms with van der Waals surface area (Å²) in [6, 6.07) is 6.97. The molecule has 0 saturated carbocycles. The summed E-state index contributed by atoms with van der Waals surface area (Å²) < 4.78 is 58.1. The molecule has 0 atom stereocenters. The smallest absolute Gasteiger partial charge is 0.422 e. The number of H-pyrrole nitrogens is 1. The van der Waals surface area contributed by atoms with E-state index < -0.39 is 37.0 Å². The van der Waals surface area contributed by atoms with Gasteiger partial charge in [0.2, 0.25) is 5.91 Å². The number of ether oxygens (including phenoxy) is 1. The number of aromatic amines is 1. The van der Waals surface area contributed by atoms with Gasteiger partial charge in [0.05, 0.1) is 11.1 Å². The Balaban J connectivity index is 1.69. The molecule has 1 aliphatic heterocycles. The number of aliphatic hydroxyl groups is 1. The maximum Gasteiger partial charge on any atom is 0.422 e. The molecule has 2 aromatic heterocycles. The number of aromatic nitrogens is 2. The van der Waals surface area contributed by atoms with Crippen LogP contribution in [0.4, 0.5) is 17.6 Å². The summed E-state index contributed by atoms with van der Waals surface area (Å²) >= 11 is 0.